The quantitative estimate of drug-likeness (QED) is 0.509. The number of nitrogens with one attached hydrogen (secondary N) is 2. The maximum Gasteiger partial charge on any atom is 0.195 e. The highest BCUT2D eigenvalue weighted by atomic mass is 16.5. The van der Waals surface area contributed by atoms with Crippen LogP contribution in [0.15, 0.2) is 23.2 Å². The second-order valence-electron chi connectivity index (χ2n) is 6.93. The summed E-state index contributed by atoms with van der Waals surface area (Å²) in [5.74, 6) is 2.97. The van der Waals surface area contributed by atoms with Crippen molar-refractivity contribution in [1.82, 2.24) is 10.2 Å². The van der Waals surface area contributed by atoms with Crippen molar-refractivity contribution in [3.05, 3.63) is 18.2 Å². The molecule has 1 heterocycles. The van der Waals surface area contributed by atoms with Gasteiger partial charge in [0.15, 0.2) is 17.5 Å². The Labute approximate surface area is 164 Å². The Morgan fingerprint density at radius 3 is 2.59 bits per heavy atom. The van der Waals surface area contributed by atoms with E-state index in [2.05, 4.69) is 29.4 Å². The van der Waals surface area contributed by atoms with Gasteiger partial charge in [0.2, 0.25) is 0 Å². The fraction of sp³-hybridized carbons (Fsp3) is 0.667. The summed E-state index contributed by atoms with van der Waals surface area (Å²) in [6, 6.07) is 5.86. The van der Waals surface area contributed by atoms with Crippen LogP contribution < -0.4 is 20.1 Å². The van der Waals surface area contributed by atoms with Crippen LogP contribution in [-0.4, -0.2) is 57.3 Å². The van der Waals surface area contributed by atoms with Gasteiger partial charge in [-0.1, -0.05) is 6.92 Å². The van der Waals surface area contributed by atoms with E-state index in [9.17, 15) is 0 Å². The summed E-state index contributed by atoms with van der Waals surface area (Å²) in [7, 11) is 1.66. The van der Waals surface area contributed by atoms with Crippen molar-refractivity contribution in [3.63, 3.8) is 0 Å². The molecule has 152 valence electrons. The number of methoxy groups -OCH3 is 1. The summed E-state index contributed by atoms with van der Waals surface area (Å²) in [5.41, 5.74) is 0.938. The van der Waals surface area contributed by atoms with Gasteiger partial charge in [0, 0.05) is 24.8 Å². The van der Waals surface area contributed by atoms with Crippen molar-refractivity contribution in [2.24, 2.45) is 10.9 Å². The van der Waals surface area contributed by atoms with Crippen LogP contribution in [0.5, 0.6) is 11.5 Å². The van der Waals surface area contributed by atoms with Gasteiger partial charge in [0.05, 0.1) is 13.7 Å². The molecular formula is C21H36N4O2. The Kier molecular flexibility index (Phi) is 9.25. The molecule has 0 unspecified atom stereocenters. The van der Waals surface area contributed by atoms with Crippen molar-refractivity contribution in [3.8, 4) is 11.5 Å². The molecule has 0 bridgehead atoms. The zero-order chi connectivity index (χ0) is 19.5. The summed E-state index contributed by atoms with van der Waals surface area (Å²) >= 11 is 0. The highest BCUT2D eigenvalue weighted by Gasteiger charge is 2.18. The Morgan fingerprint density at radius 1 is 1.19 bits per heavy atom. The number of aliphatic imine (C=N–C) groups is 1. The zero-order valence-corrected chi connectivity index (χ0v) is 17.4. The molecule has 1 aliphatic heterocycles. The van der Waals surface area contributed by atoms with Gasteiger partial charge in [-0.2, -0.15) is 0 Å². The van der Waals surface area contributed by atoms with Crippen LogP contribution in [0.4, 0.5) is 5.69 Å². The number of hydrogen-bond donors (Lipinski definition) is 2. The van der Waals surface area contributed by atoms with Crippen LogP contribution >= 0.6 is 0 Å². The highest BCUT2D eigenvalue weighted by molar-refractivity contribution is 5.93. The average molecular weight is 377 g/mol. The number of likely N-dealkylation sites (tertiary alicyclic amines) is 1. The van der Waals surface area contributed by atoms with E-state index < -0.39 is 0 Å². The fourth-order valence-electron chi connectivity index (χ4n) is 3.39. The smallest absolute Gasteiger partial charge is 0.195 e. The molecule has 2 N–H and O–H groups in total. The van der Waals surface area contributed by atoms with Crippen molar-refractivity contribution < 1.29 is 9.47 Å². The van der Waals surface area contributed by atoms with E-state index in [0.717, 1.165) is 36.2 Å². The lowest BCUT2D eigenvalue weighted by Crippen LogP contribution is -2.36. The van der Waals surface area contributed by atoms with Crippen LogP contribution in [0.1, 0.15) is 40.0 Å². The van der Waals surface area contributed by atoms with E-state index in [4.69, 9.17) is 14.5 Å². The molecule has 1 aromatic rings. The standard InChI is InChI=1S/C21H36N4O2/c1-5-12-25-13-10-17(11-14-25)16-23-21(22-6-2)24-18-8-9-19(27-7-3)20(15-18)26-4/h8-9,15,17H,5-7,10-14,16H2,1-4H3,(H2,22,23,24). The van der Waals surface area contributed by atoms with Crippen LogP contribution in [0.3, 0.4) is 0 Å². The van der Waals surface area contributed by atoms with Crippen molar-refractivity contribution in [2.75, 3.05) is 51.8 Å². The largest absolute Gasteiger partial charge is 0.493 e. The molecule has 1 aliphatic rings. The van der Waals surface area contributed by atoms with Gasteiger partial charge < -0.3 is 25.0 Å². The van der Waals surface area contributed by atoms with Gasteiger partial charge in [0.25, 0.3) is 0 Å². The van der Waals surface area contributed by atoms with Crippen LogP contribution in [-0.2, 0) is 0 Å². The monoisotopic (exact) mass is 376 g/mol. The summed E-state index contributed by atoms with van der Waals surface area (Å²) in [5, 5.41) is 6.72. The number of rotatable bonds is 9. The highest BCUT2D eigenvalue weighted by Crippen LogP contribution is 2.30. The summed E-state index contributed by atoms with van der Waals surface area (Å²) in [6.45, 7) is 12.2. The summed E-state index contributed by atoms with van der Waals surface area (Å²) < 4.78 is 11.0. The Bertz CT molecular complexity index is 584. The first kappa shape index (κ1) is 21.4. The first-order valence-corrected chi connectivity index (χ1v) is 10.3. The second kappa shape index (κ2) is 11.7. The second-order valence-corrected chi connectivity index (χ2v) is 6.93. The predicted molar refractivity (Wildman–Crippen MR) is 113 cm³/mol. The van der Waals surface area contributed by atoms with E-state index in [0.29, 0.717) is 12.5 Å². The SMILES string of the molecule is CCCN1CCC(CN=C(NCC)Nc2ccc(OCC)c(OC)c2)CC1. The normalized spacial score (nSPS) is 16.2. The van der Waals surface area contributed by atoms with E-state index >= 15 is 0 Å². The van der Waals surface area contributed by atoms with E-state index in [-0.39, 0.29) is 0 Å². The average Bonchev–Trinajstić information content (AvgIpc) is 2.69. The third kappa shape index (κ3) is 6.94. The first-order chi connectivity index (χ1) is 13.2. The number of piperidine rings is 1. The molecule has 0 aromatic heterocycles. The topological polar surface area (TPSA) is 58.1 Å². The first-order valence-electron chi connectivity index (χ1n) is 10.3. The molecule has 27 heavy (non-hydrogen) atoms. The summed E-state index contributed by atoms with van der Waals surface area (Å²) in [4.78, 5) is 7.39. The lowest BCUT2D eigenvalue weighted by molar-refractivity contribution is 0.188. The Morgan fingerprint density at radius 2 is 1.96 bits per heavy atom. The Balaban J connectivity index is 1.95. The van der Waals surface area contributed by atoms with Gasteiger partial charge in [-0.25, -0.2) is 0 Å². The number of guanidine groups is 1. The predicted octanol–water partition coefficient (Wildman–Crippen LogP) is 3.59. The lowest BCUT2D eigenvalue weighted by Gasteiger charge is -2.31. The number of nitrogens with zero attached hydrogens (tertiary/aromatic N) is 2. The van der Waals surface area contributed by atoms with Gasteiger partial charge in [-0.15, -0.1) is 0 Å². The van der Waals surface area contributed by atoms with Crippen molar-refractivity contribution in [2.45, 2.75) is 40.0 Å². The number of benzene rings is 1. The van der Waals surface area contributed by atoms with Gasteiger partial charge in [-0.05, 0) is 70.8 Å². The minimum atomic E-state index is 0.615. The fourth-order valence-corrected chi connectivity index (χ4v) is 3.39. The minimum absolute atomic E-state index is 0.615. The molecule has 1 aromatic carbocycles. The van der Waals surface area contributed by atoms with Crippen LogP contribution in [0, 0.1) is 5.92 Å². The summed E-state index contributed by atoms with van der Waals surface area (Å²) in [6.07, 6.45) is 3.71. The molecule has 1 fully saturated rings. The maximum absolute atomic E-state index is 5.59. The molecule has 0 aliphatic carbocycles. The van der Waals surface area contributed by atoms with E-state index in [1.54, 1.807) is 7.11 Å². The molecule has 0 spiro atoms. The maximum atomic E-state index is 5.59. The van der Waals surface area contributed by atoms with Crippen LogP contribution in [0.25, 0.3) is 0 Å². The van der Waals surface area contributed by atoms with Crippen molar-refractivity contribution >= 4 is 11.6 Å². The molecule has 2 rings (SSSR count). The molecule has 6 heteroatoms. The number of hydrogen-bond acceptors (Lipinski definition) is 4. The van der Waals surface area contributed by atoms with Gasteiger partial charge in [0.1, 0.15) is 0 Å². The van der Waals surface area contributed by atoms with Crippen LogP contribution in [0.2, 0.25) is 0 Å². The van der Waals surface area contributed by atoms with Gasteiger partial charge in [-0.3, -0.25) is 4.99 Å². The van der Waals surface area contributed by atoms with Crippen molar-refractivity contribution in [1.29, 1.82) is 0 Å². The third-order valence-electron chi connectivity index (χ3n) is 4.83. The molecule has 6 nitrogen and oxygen atoms in total. The molecule has 0 amide bonds. The zero-order valence-electron chi connectivity index (χ0n) is 17.4. The van der Waals surface area contributed by atoms with E-state index in [1.807, 2.05) is 25.1 Å². The minimum Gasteiger partial charge on any atom is -0.493 e. The van der Waals surface area contributed by atoms with E-state index in [1.165, 1.54) is 38.9 Å². The molecule has 0 radical (unpaired) electrons. The number of ether oxygens (including phenoxy) is 2. The number of anilines is 1. The Hall–Kier alpha value is -1.95. The molecule has 0 atom stereocenters. The van der Waals surface area contributed by atoms with Gasteiger partial charge >= 0.3 is 0 Å². The lowest BCUT2D eigenvalue weighted by atomic mass is 9.97. The molecular weight excluding hydrogens is 340 g/mol. The molecule has 1 saturated heterocycles. The molecule has 0 saturated carbocycles. The third-order valence-corrected chi connectivity index (χ3v) is 4.83.